The highest BCUT2D eigenvalue weighted by Gasteiger charge is 2.30. The van der Waals surface area contributed by atoms with Crippen molar-refractivity contribution in [1.82, 2.24) is 4.90 Å². The lowest BCUT2D eigenvalue weighted by molar-refractivity contribution is 0.0165. The van der Waals surface area contributed by atoms with Crippen LogP contribution in [0.2, 0.25) is 0 Å². The summed E-state index contributed by atoms with van der Waals surface area (Å²) in [6.45, 7) is 17.0. The van der Waals surface area contributed by atoms with Gasteiger partial charge in [0.2, 0.25) is 0 Å². The molecule has 88 valence electrons. The van der Waals surface area contributed by atoms with Crippen LogP contribution in [0.4, 0.5) is 4.79 Å². The number of hydrogen-bond acceptors (Lipinski definition) is 2. The van der Waals surface area contributed by atoms with Gasteiger partial charge in [-0.25, -0.2) is 4.79 Å². The van der Waals surface area contributed by atoms with Crippen LogP contribution in [0.5, 0.6) is 0 Å². The van der Waals surface area contributed by atoms with Crippen LogP contribution in [0, 0.1) is 0 Å². The maximum atomic E-state index is 11.9. The second-order valence-electron chi connectivity index (χ2n) is 5.72. The molecule has 0 aromatic carbocycles. The minimum atomic E-state index is -0.476. The summed E-state index contributed by atoms with van der Waals surface area (Å²) >= 11 is 0. The van der Waals surface area contributed by atoms with Crippen LogP contribution in [0.15, 0.2) is 12.3 Å². The molecule has 3 heteroatoms. The quantitative estimate of drug-likeness (QED) is 0.666. The van der Waals surface area contributed by atoms with E-state index in [1.54, 1.807) is 11.8 Å². The van der Waals surface area contributed by atoms with Crippen molar-refractivity contribution >= 4 is 6.09 Å². The zero-order valence-electron chi connectivity index (χ0n) is 11.0. The van der Waals surface area contributed by atoms with E-state index in [-0.39, 0.29) is 11.6 Å². The van der Waals surface area contributed by atoms with Crippen molar-refractivity contribution < 1.29 is 9.53 Å². The molecule has 0 aliphatic rings. The largest absolute Gasteiger partial charge is 0.443 e. The second-order valence-corrected chi connectivity index (χ2v) is 5.72. The van der Waals surface area contributed by atoms with E-state index in [0.29, 0.717) is 5.70 Å². The predicted molar refractivity (Wildman–Crippen MR) is 62.6 cm³/mol. The Morgan fingerprint density at radius 3 is 1.73 bits per heavy atom. The third kappa shape index (κ3) is 4.86. The number of carbonyl (C=O) groups excluding carboxylic acids is 1. The summed E-state index contributed by atoms with van der Waals surface area (Å²) in [5, 5.41) is 0. The Labute approximate surface area is 93.1 Å². The molecule has 0 aromatic rings. The summed E-state index contributed by atoms with van der Waals surface area (Å²) in [6, 6.07) is 0. The normalized spacial score (nSPS) is 12.2. The molecule has 0 fully saturated rings. The number of amides is 1. The average Bonchev–Trinajstić information content (AvgIpc) is 1.74. The van der Waals surface area contributed by atoms with E-state index >= 15 is 0 Å². The van der Waals surface area contributed by atoms with E-state index in [2.05, 4.69) is 6.58 Å². The number of rotatable bonds is 1. The number of nitrogens with zero attached hydrogens (tertiary/aromatic N) is 1. The van der Waals surface area contributed by atoms with Crippen molar-refractivity contribution in [2.24, 2.45) is 0 Å². The Bertz CT molecular complexity index is 256. The summed E-state index contributed by atoms with van der Waals surface area (Å²) in [6.07, 6.45) is -0.345. The standard InChI is InChI=1S/C12H23NO2/c1-9(2)13(11(3,4)5)10(14)15-12(6,7)8/h1H2,2-8H3. The Kier molecular flexibility index (Phi) is 3.97. The molecular weight excluding hydrogens is 190 g/mol. The Morgan fingerprint density at radius 1 is 1.13 bits per heavy atom. The first-order valence-corrected chi connectivity index (χ1v) is 5.14. The van der Waals surface area contributed by atoms with Gasteiger partial charge in [-0.1, -0.05) is 6.58 Å². The lowest BCUT2D eigenvalue weighted by Crippen LogP contribution is -2.46. The van der Waals surface area contributed by atoms with E-state index in [9.17, 15) is 4.79 Å². The van der Waals surface area contributed by atoms with Gasteiger partial charge in [-0.15, -0.1) is 0 Å². The zero-order chi connectivity index (χ0) is 12.4. The van der Waals surface area contributed by atoms with Crippen LogP contribution < -0.4 is 0 Å². The fraction of sp³-hybridized carbons (Fsp3) is 0.750. The number of ether oxygens (including phenoxy) is 1. The molecule has 15 heavy (non-hydrogen) atoms. The molecule has 0 aliphatic carbocycles. The molecule has 0 atom stereocenters. The molecule has 0 aliphatic heterocycles. The molecule has 3 nitrogen and oxygen atoms in total. The van der Waals surface area contributed by atoms with Gasteiger partial charge in [-0.3, -0.25) is 4.90 Å². The molecule has 0 saturated carbocycles. The molecule has 0 saturated heterocycles. The average molecular weight is 213 g/mol. The molecule has 0 unspecified atom stereocenters. The summed E-state index contributed by atoms with van der Waals surface area (Å²) < 4.78 is 5.31. The lowest BCUT2D eigenvalue weighted by atomic mass is 10.1. The molecule has 0 aromatic heterocycles. The van der Waals surface area contributed by atoms with Crippen LogP contribution in [0.25, 0.3) is 0 Å². The van der Waals surface area contributed by atoms with Gasteiger partial charge in [0.15, 0.2) is 0 Å². The van der Waals surface area contributed by atoms with Crippen molar-refractivity contribution in [3.63, 3.8) is 0 Å². The first-order valence-electron chi connectivity index (χ1n) is 5.14. The Hall–Kier alpha value is -0.990. The van der Waals surface area contributed by atoms with Gasteiger partial charge in [0.1, 0.15) is 5.60 Å². The SMILES string of the molecule is C=C(C)N(C(=O)OC(C)(C)C)C(C)(C)C. The molecule has 0 radical (unpaired) electrons. The molecule has 1 amide bonds. The summed E-state index contributed by atoms with van der Waals surface area (Å²) in [5.41, 5.74) is -0.0961. The van der Waals surface area contributed by atoms with Crippen LogP contribution >= 0.6 is 0 Å². The number of carbonyl (C=O) groups is 1. The van der Waals surface area contributed by atoms with Gasteiger partial charge in [0.05, 0.1) is 0 Å². The number of allylic oxidation sites excluding steroid dienone is 1. The van der Waals surface area contributed by atoms with Crippen molar-refractivity contribution in [3.05, 3.63) is 12.3 Å². The van der Waals surface area contributed by atoms with Gasteiger partial charge < -0.3 is 4.74 Å². The van der Waals surface area contributed by atoms with Gasteiger partial charge in [0.25, 0.3) is 0 Å². The topological polar surface area (TPSA) is 29.5 Å². The zero-order valence-corrected chi connectivity index (χ0v) is 11.0. The molecule has 0 N–H and O–H groups in total. The summed E-state index contributed by atoms with van der Waals surface area (Å²) in [5.74, 6) is 0. The van der Waals surface area contributed by atoms with Crippen LogP contribution in [0.1, 0.15) is 48.5 Å². The fourth-order valence-electron chi connectivity index (χ4n) is 1.31. The predicted octanol–water partition coefficient (Wildman–Crippen LogP) is 3.56. The highest BCUT2D eigenvalue weighted by Crippen LogP contribution is 2.22. The maximum Gasteiger partial charge on any atom is 0.415 e. The van der Waals surface area contributed by atoms with Gasteiger partial charge in [0, 0.05) is 11.2 Å². The molecule has 0 bridgehead atoms. The molecule has 0 heterocycles. The van der Waals surface area contributed by atoms with E-state index in [0.717, 1.165) is 0 Å². The minimum absolute atomic E-state index is 0.311. The van der Waals surface area contributed by atoms with Gasteiger partial charge in [-0.2, -0.15) is 0 Å². The Morgan fingerprint density at radius 2 is 1.53 bits per heavy atom. The van der Waals surface area contributed by atoms with Crippen LogP contribution in [-0.4, -0.2) is 22.1 Å². The highest BCUT2D eigenvalue weighted by molar-refractivity contribution is 5.71. The molecule has 0 rings (SSSR count). The molecular formula is C12H23NO2. The minimum Gasteiger partial charge on any atom is -0.443 e. The maximum absolute atomic E-state index is 11.9. The van der Waals surface area contributed by atoms with Gasteiger partial charge >= 0.3 is 6.09 Å². The van der Waals surface area contributed by atoms with Gasteiger partial charge in [-0.05, 0) is 48.5 Å². The monoisotopic (exact) mass is 213 g/mol. The highest BCUT2D eigenvalue weighted by atomic mass is 16.6. The van der Waals surface area contributed by atoms with Crippen LogP contribution in [-0.2, 0) is 4.74 Å². The fourth-order valence-corrected chi connectivity index (χ4v) is 1.31. The third-order valence-electron chi connectivity index (χ3n) is 1.63. The second kappa shape index (κ2) is 4.25. The van der Waals surface area contributed by atoms with Crippen molar-refractivity contribution in [3.8, 4) is 0 Å². The Balaban J connectivity index is 4.82. The van der Waals surface area contributed by atoms with Crippen molar-refractivity contribution in [1.29, 1.82) is 0 Å². The lowest BCUT2D eigenvalue weighted by Gasteiger charge is -2.36. The van der Waals surface area contributed by atoms with E-state index in [1.807, 2.05) is 41.5 Å². The summed E-state index contributed by atoms with van der Waals surface area (Å²) in [4.78, 5) is 13.5. The van der Waals surface area contributed by atoms with Crippen molar-refractivity contribution in [2.75, 3.05) is 0 Å². The first kappa shape index (κ1) is 14.0. The molecule has 0 spiro atoms. The van der Waals surface area contributed by atoms with Crippen molar-refractivity contribution in [2.45, 2.75) is 59.6 Å². The van der Waals surface area contributed by atoms with Crippen LogP contribution in [0.3, 0.4) is 0 Å². The van der Waals surface area contributed by atoms with E-state index < -0.39 is 5.60 Å². The smallest absolute Gasteiger partial charge is 0.415 e. The summed E-state index contributed by atoms with van der Waals surface area (Å²) in [7, 11) is 0. The first-order chi connectivity index (χ1) is 6.45. The van der Waals surface area contributed by atoms with E-state index in [1.165, 1.54) is 0 Å². The third-order valence-corrected chi connectivity index (χ3v) is 1.63. The number of hydrogen-bond donors (Lipinski definition) is 0. The van der Waals surface area contributed by atoms with E-state index in [4.69, 9.17) is 4.74 Å².